The molecule has 2 heteroatoms. The highest BCUT2D eigenvalue weighted by molar-refractivity contribution is 4.66. The summed E-state index contributed by atoms with van der Waals surface area (Å²) < 4.78 is 24.5. The Bertz CT molecular complexity index is 80.8. The van der Waals surface area contributed by atoms with E-state index in [1.165, 1.54) is 0 Å². The fourth-order valence-electron chi connectivity index (χ4n) is 0.594. The van der Waals surface area contributed by atoms with Crippen molar-refractivity contribution in [2.75, 3.05) is 0 Å². The fourth-order valence-corrected chi connectivity index (χ4v) is 0.594. The molecule has 0 bridgehead atoms. The van der Waals surface area contributed by atoms with Crippen molar-refractivity contribution >= 4 is 0 Å². The van der Waals surface area contributed by atoms with Gasteiger partial charge in [0.25, 0.3) is 0 Å². The maximum absolute atomic E-state index is 12.3. The number of rotatable bonds is 2. The lowest BCUT2D eigenvalue weighted by atomic mass is 9.89. The molecule has 0 fully saturated rings. The van der Waals surface area contributed by atoms with Crippen LogP contribution < -0.4 is 0 Å². The van der Waals surface area contributed by atoms with E-state index in [1.807, 2.05) is 20.8 Å². The van der Waals surface area contributed by atoms with Gasteiger partial charge in [-0.2, -0.15) is 0 Å². The van der Waals surface area contributed by atoms with E-state index in [1.54, 1.807) is 0 Å². The molecule has 0 atom stereocenters. The summed E-state index contributed by atoms with van der Waals surface area (Å²) in [5.74, 6) is -2.49. The molecule has 0 saturated carbocycles. The molecule has 0 spiro atoms. The van der Waals surface area contributed by atoms with Gasteiger partial charge in [0, 0.05) is 6.42 Å². The van der Waals surface area contributed by atoms with Gasteiger partial charge in [0.05, 0.1) is 0 Å². The zero-order valence-electron chi connectivity index (χ0n) is 7.17. The number of halogens is 2. The highest BCUT2D eigenvalue weighted by atomic mass is 19.3. The average molecular weight is 150 g/mol. The van der Waals surface area contributed by atoms with Crippen LogP contribution in [0.3, 0.4) is 0 Å². The van der Waals surface area contributed by atoms with Crippen LogP contribution in [0.1, 0.15) is 40.5 Å². The van der Waals surface area contributed by atoms with E-state index in [4.69, 9.17) is 0 Å². The minimum absolute atomic E-state index is 0.00347. The highest BCUT2D eigenvalue weighted by Crippen LogP contribution is 2.28. The first-order chi connectivity index (χ1) is 4.21. The molecule has 0 amide bonds. The first kappa shape index (κ1) is 9.86. The highest BCUT2D eigenvalue weighted by Gasteiger charge is 2.23. The van der Waals surface area contributed by atoms with Crippen LogP contribution in [-0.4, -0.2) is 5.92 Å². The van der Waals surface area contributed by atoms with E-state index in [0.717, 1.165) is 6.92 Å². The average Bonchev–Trinajstić information content (AvgIpc) is 1.57. The van der Waals surface area contributed by atoms with Crippen molar-refractivity contribution in [3.8, 4) is 0 Å². The molecule has 10 heavy (non-hydrogen) atoms. The van der Waals surface area contributed by atoms with Crippen LogP contribution in [-0.2, 0) is 0 Å². The number of alkyl halides is 2. The summed E-state index contributed by atoms with van der Waals surface area (Å²) in [5.41, 5.74) is 0.0272. The van der Waals surface area contributed by atoms with Crippen molar-refractivity contribution in [1.29, 1.82) is 0 Å². The van der Waals surface area contributed by atoms with Crippen LogP contribution >= 0.6 is 0 Å². The Morgan fingerprint density at radius 3 is 1.40 bits per heavy atom. The summed E-state index contributed by atoms with van der Waals surface area (Å²) in [7, 11) is 0. The van der Waals surface area contributed by atoms with E-state index < -0.39 is 5.92 Å². The van der Waals surface area contributed by atoms with Gasteiger partial charge in [-0.1, -0.05) is 20.8 Å². The van der Waals surface area contributed by atoms with Gasteiger partial charge in [-0.25, -0.2) is 8.78 Å². The normalized spacial score (nSPS) is 13.8. The lowest BCUT2D eigenvalue weighted by molar-refractivity contribution is 0.00252. The Kier molecular flexibility index (Phi) is 2.81. The van der Waals surface area contributed by atoms with Gasteiger partial charge in [-0.15, -0.1) is 0 Å². The van der Waals surface area contributed by atoms with Crippen LogP contribution in [0.5, 0.6) is 0 Å². The minimum Gasteiger partial charge on any atom is -0.207 e. The summed E-state index contributed by atoms with van der Waals surface area (Å²) in [6.45, 7) is 6.88. The van der Waals surface area contributed by atoms with Crippen molar-refractivity contribution in [1.82, 2.24) is 0 Å². The van der Waals surface area contributed by atoms with Crippen molar-refractivity contribution < 1.29 is 8.78 Å². The summed E-state index contributed by atoms with van der Waals surface area (Å²) >= 11 is 0. The molecule has 62 valence electrons. The third-order valence-electron chi connectivity index (χ3n) is 1.31. The molecular weight excluding hydrogens is 134 g/mol. The van der Waals surface area contributed by atoms with Gasteiger partial charge in [0.2, 0.25) is 5.92 Å². The SMILES string of the molecule is CC(C)(C)CCC(C)(F)F. The minimum atomic E-state index is -2.49. The maximum Gasteiger partial charge on any atom is 0.245 e. The second-order valence-corrected chi connectivity index (χ2v) is 4.13. The smallest absolute Gasteiger partial charge is 0.207 e. The summed E-state index contributed by atoms with van der Waals surface area (Å²) in [6, 6.07) is 0. The molecule has 0 aromatic carbocycles. The van der Waals surface area contributed by atoms with Crippen LogP contribution in [0.15, 0.2) is 0 Å². The van der Waals surface area contributed by atoms with Gasteiger partial charge in [-0.3, -0.25) is 0 Å². The van der Waals surface area contributed by atoms with Gasteiger partial charge >= 0.3 is 0 Å². The summed E-state index contributed by atoms with van der Waals surface area (Å²) in [6.07, 6.45) is 0.576. The maximum atomic E-state index is 12.3. The van der Waals surface area contributed by atoms with E-state index in [9.17, 15) is 8.78 Å². The predicted octanol–water partition coefficient (Wildman–Crippen LogP) is 3.47. The summed E-state index contributed by atoms with van der Waals surface area (Å²) in [4.78, 5) is 0. The number of hydrogen-bond acceptors (Lipinski definition) is 0. The Morgan fingerprint density at radius 1 is 0.900 bits per heavy atom. The van der Waals surface area contributed by atoms with Gasteiger partial charge in [0.1, 0.15) is 0 Å². The molecule has 0 N–H and O–H groups in total. The molecule has 0 unspecified atom stereocenters. The van der Waals surface area contributed by atoms with Gasteiger partial charge in [-0.05, 0) is 18.8 Å². The first-order valence-corrected chi connectivity index (χ1v) is 3.59. The van der Waals surface area contributed by atoms with Crippen LogP contribution in [0.2, 0.25) is 0 Å². The van der Waals surface area contributed by atoms with Crippen molar-refractivity contribution in [3.63, 3.8) is 0 Å². The monoisotopic (exact) mass is 150 g/mol. The quantitative estimate of drug-likeness (QED) is 0.565. The molecule has 0 aromatic rings. The summed E-state index contributed by atoms with van der Waals surface area (Å²) in [5, 5.41) is 0. The third-order valence-corrected chi connectivity index (χ3v) is 1.31. The second kappa shape index (κ2) is 2.85. The molecule has 0 radical (unpaired) electrons. The Morgan fingerprint density at radius 2 is 1.30 bits per heavy atom. The van der Waals surface area contributed by atoms with Crippen LogP contribution in [0.25, 0.3) is 0 Å². The zero-order chi connectivity index (χ0) is 8.41. The van der Waals surface area contributed by atoms with E-state index in [2.05, 4.69) is 0 Å². The molecule has 0 heterocycles. The molecule has 0 aromatic heterocycles. The molecule has 0 aliphatic rings. The van der Waals surface area contributed by atoms with Crippen LogP contribution in [0.4, 0.5) is 8.78 Å². The van der Waals surface area contributed by atoms with E-state index >= 15 is 0 Å². The Hall–Kier alpha value is -0.140. The molecule has 0 aliphatic carbocycles. The Balaban J connectivity index is 3.56. The van der Waals surface area contributed by atoms with Crippen molar-refractivity contribution in [3.05, 3.63) is 0 Å². The van der Waals surface area contributed by atoms with Crippen molar-refractivity contribution in [2.45, 2.75) is 46.5 Å². The van der Waals surface area contributed by atoms with E-state index in [0.29, 0.717) is 6.42 Å². The first-order valence-electron chi connectivity index (χ1n) is 3.59. The lowest BCUT2D eigenvalue weighted by Gasteiger charge is -2.20. The van der Waals surface area contributed by atoms with Crippen molar-refractivity contribution in [2.24, 2.45) is 5.41 Å². The molecule has 0 saturated heterocycles. The van der Waals surface area contributed by atoms with E-state index in [-0.39, 0.29) is 11.8 Å². The van der Waals surface area contributed by atoms with Crippen LogP contribution in [0, 0.1) is 5.41 Å². The molecule has 0 aliphatic heterocycles. The topological polar surface area (TPSA) is 0 Å². The number of hydrogen-bond donors (Lipinski definition) is 0. The molecule has 0 rings (SSSR count). The van der Waals surface area contributed by atoms with Gasteiger partial charge in [0.15, 0.2) is 0 Å². The third kappa shape index (κ3) is 7.86. The largest absolute Gasteiger partial charge is 0.245 e. The Labute approximate surface area is 61.6 Å². The fraction of sp³-hybridized carbons (Fsp3) is 1.00. The second-order valence-electron chi connectivity index (χ2n) is 4.13. The molecule has 0 nitrogen and oxygen atoms in total. The lowest BCUT2D eigenvalue weighted by Crippen LogP contribution is -2.15. The molecular formula is C8H16F2. The van der Waals surface area contributed by atoms with Gasteiger partial charge < -0.3 is 0 Å². The predicted molar refractivity (Wildman–Crippen MR) is 39.3 cm³/mol. The standard InChI is InChI=1S/C8H16F2/c1-7(2,3)5-6-8(4,9)10/h5-6H2,1-4H3. The zero-order valence-corrected chi connectivity index (χ0v) is 7.17.